The molecule has 0 spiro atoms. The Hall–Kier alpha value is -1.63. The van der Waals surface area contributed by atoms with Crippen LogP contribution in [0.2, 0.25) is 5.02 Å². The molecule has 0 fully saturated rings. The quantitative estimate of drug-likeness (QED) is 0.374. The monoisotopic (exact) mass is 381 g/mol. The summed E-state index contributed by atoms with van der Waals surface area (Å²) in [6.07, 6.45) is -0.727. The summed E-state index contributed by atoms with van der Waals surface area (Å²) in [6, 6.07) is 13.7. The highest BCUT2D eigenvalue weighted by Crippen LogP contribution is 2.31. The SMILES string of the molecule is Cl.OCC(O)CNCCNc1c2ccccc2nc2cc(Cl)ccc12. The highest BCUT2D eigenvalue weighted by Gasteiger charge is 2.09. The summed E-state index contributed by atoms with van der Waals surface area (Å²) >= 11 is 6.10. The summed E-state index contributed by atoms with van der Waals surface area (Å²) in [4.78, 5) is 4.68. The van der Waals surface area contributed by atoms with Gasteiger partial charge in [-0.2, -0.15) is 0 Å². The molecule has 1 heterocycles. The van der Waals surface area contributed by atoms with Crippen LogP contribution in [0.3, 0.4) is 0 Å². The number of rotatable bonds is 7. The van der Waals surface area contributed by atoms with E-state index in [2.05, 4.69) is 15.6 Å². The zero-order valence-corrected chi connectivity index (χ0v) is 15.1. The fraction of sp³-hybridized carbons (Fsp3) is 0.278. The molecule has 3 aromatic rings. The molecule has 1 atom stereocenters. The van der Waals surface area contributed by atoms with Crippen molar-refractivity contribution in [1.82, 2.24) is 10.3 Å². The lowest BCUT2D eigenvalue weighted by Crippen LogP contribution is -2.32. The van der Waals surface area contributed by atoms with Crippen LogP contribution in [-0.2, 0) is 0 Å². The maximum absolute atomic E-state index is 9.33. The zero-order valence-electron chi connectivity index (χ0n) is 13.6. The number of pyridine rings is 1. The maximum Gasteiger partial charge on any atom is 0.0894 e. The molecule has 3 rings (SSSR count). The zero-order chi connectivity index (χ0) is 16.9. The van der Waals surface area contributed by atoms with Crippen molar-refractivity contribution in [2.75, 3.05) is 31.6 Å². The first-order valence-corrected chi connectivity index (χ1v) is 8.28. The Kier molecular flexibility index (Phi) is 7.23. The standard InChI is InChI=1S/C18H20ClN3O2.ClH/c19-12-5-6-15-17(9-12)22-16-4-2-1-3-14(16)18(15)21-8-7-20-10-13(24)11-23;/h1-6,9,13,20,23-24H,7-8,10-11H2,(H,21,22);1H. The topological polar surface area (TPSA) is 77.4 Å². The van der Waals surface area contributed by atoms with Crippen LogP contribution < -0.4 is 10.6 Å². The van der Waals surface area contributed by atoms with Crippen LogP contribution in [-0.4, -0.2) is 47.5 Å². The van der Waals surface area contributed by atoms with Gasteiger partial charge in [-0.1, -0.05) is 29.8 Å². The number of aliphatic hydroxyl groups excluding tert-OH is 2. The van der Waals surface area contributed by atoms with Gasteiger partial charge in [0, 0.05) is 35.4 Å². The fourth-order valence-corrected chi connectivity index (χ4v) is 2.83. The first-order chi connectivity index (χ1) is 11.7. The number of aromatic nitrogens is 1. The molecule has 134 valence electrons. The molecule has 2 aromatic carbocycles. The molecule has 25 heavy (non-hydrogen) atoms. The van der Waals surface area contributed by atoms with Gasteiger partial charge in [0.2, 0.25) is 0 Å². The van der Waals surface area contributed by atoms with E-state index < -0.39 is 6.10 Å². The number of hydrogen-bond donors (Lipinski definition) is 4. The van der Waals surface area contributed by atoms with Crippen molar-refractivity contribution in [3.8, 4) is 0 Å². The van der Waals surface area contributed by atoms with Crippen molar-refractivity contribution in [3.05, 3.63) is 47.5 Å². The Morgan fingerprint density at radius 1 is 1.04 bits per heavy atom. The van der Waals surface area contributed by atoms with Crippen LogP contribution >= 0.6 is 24.0 Å². The summed E-state index contributed by atoms with van der Waals surface area (Å²) in [5.41, 5.74) is 2.79. The van der Waals surface area contributed by atoms with Crippen LogP contribution in [0.5, 0.6) is 0 Å². The Bertz CT molecular complexity index is 845. The van der Waals surface area contributed by atoms with Gasteiger partial charge in [0.05, 0.1) is 29.4 Å². The summed E-state index contributed by atoms with van der Waals surface area (Å²) in [6.45, 7) is 1.49. The first-order valence-electron chi connectivity index (χ1n) is 7.90. The van der Waals surface area contributed by atoms with Crippen molar-refractivity contribution in [1.29, 1.82) is 0 Å². The van der Waals surface area contributed by atoms with Crippen molar-refractivity contribution in [2.45, 2.75) is 6.10 Å². The van der Waals surface area contributed by atoms with Gasteiger partial charge >= 0.3 is 0 Å². The van der Waals surface area contributed by atoms with Crippen LogP contribution in [0, 0.1) is 0 Å². The Balaban J connectivity index is 0.00000225. The number of fused-ring (bicyclic) bond motifs is 2. The van der Waals surface area contributed by atoms with E-state index in [0.29, 0.717) is 24.7 Å². The van der Waals surface area contributed by atoms with Gasteiger partial charge in [0.25, 0.3) is 0 Å². The van der Waals surface area contributed by atoms with Gasteiger partial charge in [-0.15, -0.1) is 12.4 Å². The molecule has 0 aliphatic heterocycles. The molecule has 1 aromatic heterocycles. The second-order valence-electron chi connectivity index (χ2n) is 5.63. The lowest BCUT2D eigenvalue weighted by Gasteiger charge is -2.14. The number of nitrogens with zero attached hydrogens (tertiary/aromatic N) is 1. The number of hydrogen-bond acceptors (Lipinski definition) is 5. The molecule has 0 amide bonds. The van der Waals surface area contributed by atoms with E-state index in [1.165, 1.54) is 0 Å². The third-order valence-electron chi connectivity index (χ3n) is 3.84. The van der Waals surface area contributed by atoms with E-state index >= 15 is 0 Å². The lowest BCUT2D eigenvalue weighted by atomic mass is 10.1. The van der Waals surface area contributed by atoms with E-state index in [4.69, 9.17) is 16.7 Å². The predicted molar refractivity (Wildman–Crippen MR) is 106 cm³/mol. The normalized spacial score (nSPS) is 12.1. The largest absolute Gasteiger partial charge is 0.394 e. The van der Waals surface area contributed by atoms with E-state index in [9.17, 15) is 5.11 Å². The van der Waals surface area contributed by atoms with Crippen molar-refractivity contribution in [2.24, 2.45) is 0 Å². The van der Waals surface area contributed by atoms with Crippen LogP contribution in [0.1, 0.15) is 0 Å². The van der Waals surface area contributed by atoms with Gasteiger partial charge in [0.15, 0.2) is 0 Å². The Morgan fingerprint density at radius 3 is 2.60 bits per heavy atom. The van der Waals surface area contributed by atoms with Crippen molar-refractivity contribution >= 4 is 51.5 Å². The second-order valence-corrected chi connectivity index (χ2v) is 6.07. The molecule has 4 N–H and O–H groups in total. The summed E-state index contributed by atoms with van der Waals surface area (Å²) in [5.74, 6) is 0. The van der Waals surface area contributed by atoms with Crippen LogP contribution in [0.15, 0.2) is 42.5 Å². The molecule has 0 saturated heterocycles. The van der Waals surface area contributed by atoms with Crippen molar-refractivity contribution in [3.63, 3.8) is 0 Å². The third kappa shape index (κ3) is 4.71. The average molecular weight is 382 g/mol. The minimum Gasteiger partial charge on any atom is -0.394 e. The minimum absolute atomic E-state index is 0. The third-order valence-corrected chi connectivity index (χ3v) is 4.07. The molecular formula is C18H21Cl2N3O2. The molecule has 7 heteroatoms. The number of aliphatic hydroxyl groups is 2. The Morgan fingerprint density at radius 2 is 1.80 bits per heavy atom. The van der Waals surface area contributed by atoms with Crippen LogP contribution in [0.4, 0.5) is 5.69 Å². The maximum atomic E-state index is 9.33. The molecular weight excluding hydrogens is 361 g/mol. The number of anilines is 1. The number of benzene rings is 2. The minimum atomic E-state index is -0.727. The van der Waals surface area contributed by atoms with E-state index in [1.54, 1.807) is 0 Å². The molecule has 0 radical (unpaired) electrons. The smallest absolute Gasteiger partial charge is 0.0894 e. The number of nitrogens with one attached hydrogen (secondary N) is 2. The summed E-state index contributed by atoms with van der Waals surface area (Å²) < 4.78 is 0. The molecule has 0 saturated carbocycles. The molecule has 5 nitrogen and oxygen atoms in total. The number of para-hydroxylation sites is 1. The van der Waals surface area contributed by atoms with Crippen LogP contribution in [0.25, 0.3) is 21.8 Å². The predicted octanol–water partition coefficient (Wildman–Crippen LogP) is 2.82. The van der Waals surface area contributed by atoms with E-state index in [0.717, 1.165) is 27.5 Å². The van der Waals surface area contributed by atoms with E-state index in [-0.39, 0.29) is 19.0 Å². The van der Waals surface area contributed by atoms with Gasteiger partial charge < -0.3 is 20.8 Å². The molecule has 0 bridgehead atoms. The molecule has 0 aliphatic carbocycles. The van der Waals surface area contributed by atoms with E-state index in [1.807, 2.05) is 42.5 Å². The second kappa shape index (κ2) is 9.17. The fourth-order valence-electron chi connectivity index (χ4n) is 2.67. The molecule has 0 aliphatic rings. The first kappa shape index (κ1) is 19.7. The summed E-state index contributed by atoms with van der Waals surface area (Å²) in [7, 11) is 0. The molecule has 1 unspecified atom stereocenters. The van der Waals surface area contributed by atoms with Gasteiger partial charge in [-0.05, 0) is 24.3 Å². The van der Waals surface area contributed by atoms with Gasteiger partial charge in [0.1, 0.15) is 0 Å². The summed E-state index contributed by atoms with van der Waals surface area (Å²) in [5, 5.41) is 27.4. The van der Waals surface area contributed by atoms with Crippen molar-refractivity contribution < 1.29 is 10.2 Å². The number of halogens is 2. The van der Waals surface area contributed by atoms with Gasteiger partial charge in [-0.3, -0.25) is 0 Å². The highest BCUT2D eigenvalue weighted by molar-refractivity contribution is 6.31. The lowest BCUT2D eigenvalue weighted by molar-refractivity contribution is 0.0949. The highest BCUT2D eigenvalue weighted by atomic mass is 35.5. The Labute approximate surface area is 157 Å². The average Bonchev–Trinajstić information content (AvgIpc) is 2.60. The van der Waals surface area contributed by atoms with Gasteiger partial charge in [-0.25, -0.2) is 4.98 Å².